The van der Waals surface area contributed by atoms with E-state index in [9.17, 15) is 14.7 Å². The van der Waals surface area contributed by atoms with Gasteiger partial charge in [0.1, 0.15) is 0 Å². The van der Waals surface area contributed by atoms with Gasteiger partial charge in [-0.05, 0) is 50.2 Å². The van der Waals surface area contributed by atoms with Crippen molar-refractivity contribution in [3.05, 3.63) is 21.4 Å². The van der Waals surface area contributed by atoms with Gasteiger partial charge in [0, 0.05) is 11.4 Å². The van der Waals surface area contributed by atoms with Crippen LogP contribution in [0, 0.1) is 5.41 Å². The maximum atomic E-state index is 12.3. The summed E-state index contributed by atoms with van der Waals surface area (Å²) in [7, 11) is 0. The molecule has 1 fully saturated rings. The number of carbonyl (C=O) groups is 2. The molecule has 21 heavy (non-hydrogen) atoms. The number of aryl methyl sites for hydroxylation is 2. The summed E-state index contributed by atoms with van der Waals surface area (Å²) in [5.74, 6) is -0.892. The van der Waals surface area contributed by atoms with Gasteiger partial charge in [0.2, 0.25) is 0 Å². The summed E-state index contributed by atoms with van der Waals surface area (Å²) in [4.78, 5) is 25.6. The topological polar surface area (TPSA) is 66.4 Å². The van der Waals surface area contributed by atoms with Crippen LogP contribution < -0.4 is 5.32 Å². The number of thiophene rings is 1. The molecule has 0 aromatic carbocycles. The van der Waals surface area contributed by atoms with Crippen LogP contribution in [-0.2, 0) is 17.6 Å². The van der Waals surface area contributed by atoms with Gasteiger partial charge in [0.25, 0.3) is 5.91 Å². The second kappa shape index (κ2) is 5.79. The number of hydrogen-bond acceptors (Lipinski definition) is 3. The normalized spacial score (nSPS) is 20.0. The van der Waals surface area contributed by atoms with E-state index in [1.54, 1.807) is 11.3 Å². The first-order valence-corrected chi connectivity index (χ1v) is 8.56. The van der Waals surface area contributed by atoms with Crippen LogP contribution >= 0.6 is 11.3 Å². The number of carboxylic acids is 1. The van der Waals surface area contributed by atoms with E-state index >= 15 is 0 Å². The van der Waals surface area contributed by atoms with Crippen molar-refractivity contribution in [1.82, 2.24) is 5.32 Å². The molecule has 1 saturated carbocycles. The molecule has 114 valence electrons. The minimum atomic E-state index is -0.781. The van der Waals surface area contributed by atoms with Gasteiger partial charge in [-0.25, -0.2) is 0 Å². The van der Waals surface area contributed by atoms with E-state index in [1.165, 1.54) is 29.7 Å². The average molecular weight is 307 g/mol. The molecule has 0 spiro atoms. The Labute approximate surface area is 128 Å². The average Bonchev–Trinajstić information content (AvgIpc) is 2.68. The van der Waals surface area contributed by atoms with E-state index in [0.29, 0.717) is 12.8 Å². The molecule has 2 N–H and O–H groups in total. The molecule has 2 aliphatic rings. The summed E-state index contributed by atoms with van der Waals surface area (Å²) < 4.78 is 0. The van der Waals surface area contributed by atoms with Crippen LogP contribution in [0.4, 0.5) is 0 Å². The highest BCUT2D eigenvalue weighted by Gasteiger charge is 2.44. The molecule has 0 saturated heterocycles. The Kier molecular flexibility index (Phi) is 4.02. The van der Waals surface area contributed by atoms with Crippen LogP contribution in [0.15, 0.2) is 6.07 Å². The van der Waals surface area contributed by atoms with Crippen LogP contribution in [0.25, 0.3) is 0 Å². The van der Waals surface area contributed by atoms with Crippen molar-refractivity contribution in [2.75, 3.05) is 6.54 Å². The van der Waals surface area contributed by atoms with Crippen molar-refractivity contribution in [3.63, 3.8) is 0 Å². The summed E-state index contributed by atoms with van der Waals surface area (Å²) in [5, 5.41) is 12.1. The van der Waals surface area contributed by atoms with Crippen molar-refractivity contribution < 1.29 is 14.7 Å². The minimum absolute atomic E-state index is 0.111. The summed E-state index contributed by atoms with van der Waals surface area (Å²) in [6.45, 7) is 0.254. The molecule has 2 aliphatic carbocycles. The van der Waals surface area contributed by atoms with Gasteiger partial charge in [-0.1, -0.05) is 12.8 Å². The van der Waals surface area contributed by atoms with Crippen LogP contribution in [0.2, 0.25) is 0 Å². The van der Waals surface area contributed by atoms with E-state index in [4.69, 9.17) is 0 Å². The van der Waals surface area contributed by atoms with Gasteiger partial charge >= 0.3 is 5.97 Å². The van der Waals surface area contributed by atoms with Crippen molar-refractivity contribution >= 4 is 23.2 Å². The highest BCUT2D eigenvalue weighted by atomic mass is 32.1. The fraction of sp³-hybridized carbons (Fsp3) is 0.625. The molecule has 1 heterocycles. The number of aliphatic carboxylic acids is 1. The monoisotopic (exact) mass is 307 g/mol. The van der Waals surface area contributed by atoms with E-state index in [1.807, 2.05) is 6.07 Å². The van der Waals surface area contributed by atoms with Gasteiger partial charge in [-0.2, -0.15) is 0 Å². The quantitative estimate of drug-likeness (QED) is 0.840. The molecule has 4 nitrogen and oxygen atoms in total. The van der Waals surface area contributed by atoms with Crippen molar-refractivity contribution in [1.29, 1.82) is 0 Å². The summed E-state index contributed by atoms with van der Waals surface area (Å²) in [6, 6.07) is 2.01. The zero-order chi connectivity index (χ0) is 14.9. The molecule has 0 atom stereocenters. The number of carboxylic acid groups (broad SMARTS) is 1. The van der Waals surface area contributed by atoms with Crippen LogP contribution in [0.3, 0.4) is 0 Å². The van der Waals surface area contributed by atoms with Crippen LogP contribution in [-0.4, -0.2) is 23.5 Å². The number of amides is 1. The number of nitrogens with one attached hydrogen (secondary N) is 1. The van der Waals surface area contributed by atoms with Gasteiger partial charge in [0.15, 0.2) is 0 Å². The predicted molar refractivity (Wildman–Crippen MR) is 81.8 cm³/mol. The summed E-state index contributed by atoms with van der Waals surface area (Å²) in [6.07, 6.45) is 8.10. The maximum absolute atomic E-state index is 12.3. The van der Waals surface area contributed by atoms with Crippen molar-refractivity contribution in [2.24, 2.45) is 5.41 Å². The first-order chi connectivity index (χ1) is 10.1. The Morgan fingerprint density at radius 1 is 1.19 bits per heavy atom. The van der Waals surface area contributed by atoms with Gasteiger partial charge in [-0.3, -0.25) is 9.59 Å². The molecule has 1 aromatic rings. The maximum Gasteiger partial charge on any atom is 0.311 e. The third kappa shape index (κ3) is 2.84. The molecular formula is C16H21NO3S. The smallest absolute Gasteiger partial charge is 0.311 e. The van der Waals surface area contributed by atoms with E-state index in [2.05, 4.69) is 5.32 Å². The number of hydrogen-bond donors (Lipinski definition) is 2. The third-order valence-electron chi connectivity index (χ3n) is 4.82. The van der Waals surface area contributed by atoms with E-state index < -0.39 is 11.4 Å². The molecule has 0 bridgehead atoms. The van der Waals surface area contributed by atoms with Crippen LogP contribution in [0.5, 0.6) is 0 Å². The molecule has 0 aliphatic heterocycles. The second-order valence-electron chi connectivity index (χ2n) is 6.24. The Morgan fingerprint density at radius 3 is 2.62 bits per heavy atom. The Morgan fingerprint density at radius 2 is 1.95 bits per heavy atom. The first kappa shape index (κ1) is 14.6. The Hall–Kier alpha value is -1.36. The SMILES string of the molecule is O=C(NCC1(C(=O)O)CCC1)c1cc2c(s1)CCCCC2. The molecule has 1 amide bonds. The molecule has 3 rings (SSSR count). The highest BCUT2D eigenvalue weighted by Crippen LogP contribution is 2.40. The molecular weight excluding hydrogens is 286 g/mol. The Bertz CT molecular complexity index is 536. The summed E-state index contributed by atoms with van der Waals surface area (Å²) in [5.41, 5.74) is 0.601. The molecule has 0 unspecified atom stereocenters. The van der Waals surface area contributed by atoms with Crippen LogP contribution in [0.1, 0.15) is 58.6 Å². The fourth-order valence-corrected chi connectivity index (χ4v) is 4.36. The largest absolute Gasteiger partial charge is 0.481 e. The van der Waals surface area contributed by atoms with Gasteiger partial charge < -0.3 is 10.4 Å². The summed E-state index contributed by atoms with van der Waals surface area (Å²) >= 11 is 1.58. The number of rotatable bonds is 4. The lowest BCUT2D eigenvalue weighted by Crippen LogP contribution is -2.47. The second-order valence-corrected chi connectivity index (χ2v) is 7.38. The fourth-order valence-electron chi connectivity index (χ4n) is 3.19. The lowest BCUT2D eigenvalue weighted by molar-refractivity contribution is -0.153. The highest BCUT2D eigenvalue weighted by molar-refractivity contribution is 7.14. The number of carbonyl (C=O) groups excluding carboxylic acids is 1. The van der Waals surface area contributed by atoms with Crippen molar-refractivity contribution in [3.8, 4) is 0 Å². The Balaban J connectivity index is 1.64. The predicted octanol–water partition coefficient (Wildman–Crippen LogP) is 3.00. The van der Waals surface area contributed by atoms with Gasteiger partial charge in [0.05, 0.1) is 10.3 Å². The van der Waals surface area contributed by atoms with E-state index in [0.717, 1.165) is 24.1 Å². The lowest BCUT2D eigenvalue weighted by atomic mass is 9.69. The van der Waals surface area contributed by atoms with Gasteiger partial charge in [-0.15, -0.1) is 11.3 Å². The standard InChI is InChI=1S/C16H21NO3S/c18-14(17-10-16(15(19)20)7-4-8-16)13-9-11-5-2-1-3-6-12(11)21-13/h9H,1-8,10H2,(H,17,18)(H,19,20). The van der Waals surface area contributed by atoms with Crippen molar-refractivity contribution in [2.45, 2.75) is 51.4 Å². The molecule has 1 aromatic heterocycles. The zero-order valence-corrected chi connectivity index (χ0v) is 12.9. The third-order valence-corrected chi connectivity index (χ3v) is 6.06. The molecule has 5 heteroatoms. The first-order valence-electron chi connectivity index (χ1n) is 7.74. The van der Waals surface area contributed by atoms with E-state index in [-0.39, 0.29) is 12.5 Å². The lowest BCUT2D eigenvalue weighted by Gasteiger charge is -2.37. The molecule has 0 radical (unpaired) electrons. The minimum Gasteiger partial charge on any atom is -0.481 e. The zero-order valence-electron chi connectivity index (χ0n) is 12.1. The number of fused-ring (bicyclic) bond motifs is 1.